The van der Waals surface area contributed by atoms with Gasteiger partial charge in [-0.25, -0.2) is 4.79 Å². The highest BCUT2D eigenvalue weighted by Gasteiger charge is 2.41. The van der Waals surface area contributed by atoms with Crippen molar-refractivity contribution in [3.05, 3.63) is 59.7 Å². The maximum Gasteiger partial charge on any atom is 0.407 e. The largest absolute Gasteiger partial charge is 0.481 e. The third-order valence-corrected chi connectivity index (χ3v) is 7.50. The normalized spacial score (nSPS) is 17.3. The Hall–Kier alpha value is -3.39. The van der Waals surface area contributed by atoms with Crippen LogP contribution >= 0.6 is 0 Å². The van der Waals surface area contributed by atoms with Gasteiger partial charge < -0.3 is 24.8 Å². The molecule has 2 N–H and O–H groups in total. The van der Waals surface area contributed by atoms with Crippen molar-refractivity contribution in [3.63, 3.8) is 0 Å². The van der Waals surface area contributed by atoms with Crippen LogP contribution in [0.15, 0.2) is 48.5 Å². The highest BCUT2D eigenvalue weighted by atomic mass is 16.5. The Morgan fingerprint density at radius 2 is 1.63 bits per heavy atom. The van der Waals surface area contributed by atoms with Gasteiger partial charge in [-0.1, -0.05) is 55.5 Å². The minimum atomic E-state index is -0.866. The lowest BCUT2D eigenvalue weighted by atomic mass is 9.76. The van der Waals surface area contributed by atoms with Gasteiger partial charge in [0.25, 0.3) is 5.91 Å². The summed E-state index contributed by atoms with van der Waals surface area (Å²) in [5, 5.41) is 12.2. The molecule has 8 heteroatoms. The zero-order chi connectivity index (χ0) is 25.0. The van der Waals surface area contributed by atoms with Crippen molar-refractivity contribution in [2.45, 2.75) is 38.2 Å². The number of ether oxygens (including phenoxy) is 2. The van der Waals surface area contributed by atoms with Crippen LogP contribution in [0.3, 0.4) is 0 Å². The number of alkyl carbamates (subject to hydrolysis) is 1. The second-order valence-electron chi connectivity index (χ2n) is 9.20. The fourth-order valence-electron chi connectivity index (χ4n) is 5.17. The van der Waals surface area contributed by atoms with Crippen LogP contribution < -0.4 is 5.32 Å². The highest BCUT2D eigenvalue weighted by molar-refractivity contribution is 5.83. The number of carbonyl (C=O) groups excluding carboxylic acids is 2. The van der Waals surface area contributed by atoms with Crippen LogP contribution in [-0.4, -0.2) is 67.4 Å². The summed E-state index contributed by atoms with van der Waals surface area (Å²) in [4.78, 5) is 38.6. The van der Waals surface area contributed by atoms with E-state index in [4.69, 9.17) is 9.47 Å². The number of hydrogen-bond acceptors (Lipinski definition) is 5. The first-order valence-electron chi connectivity index (χ1n) is 12.0. The van der Waals surface area contributed by atoms with Crippen LogP contribution in [0, 0.1) is 5.41 Å². The van der Waals surface area contributed by atoms with Gasteiger partial charge in [0.05, 0.1) is 12.0 Å². The first-order chi connectivity index (χ1) is 16.9. The second kappa shape index (κ2) is 10.5. The Bertz CT molecular complexity index is 1050. The fourth-order valence-corrected chi connectivity index (χ4v) is 5.17. The molecule has 1 aliphatic heterocycles. The fraction of sp³-hybridized carbons (Fsp3) is 0.444. The summed E-state index contributed by atoms with van der Waals surface area (Å²) in [7, 11) is 1.42. The minimum Gasteiger partial charge on any atom is -0.481 e. The minimum absolute atomic E-state index is 0.0274. The average molecular weight is 481 g/mol. The van der Waals surface area contributed by atoms with E-state index < -0.39 is 23.6 Å². The smallest absolute Gasteiger partial charge is 0.407 e. The van der Waals surface area contributed by atoms with E-state index in [1.807, 2.05) is 31.2 Å². The molecule has 1 heterocycles. The Morgan fingerprint density at radius 1 is 1.06 bits per heavy atom. The van der Waals surface area contributed by atoms with Gasteiger partial charge >= 0.3 is 12.1 Å². The molecule has 186 valence electrons. The molecule has 2 aromatic rings. The lowest BCUT2D eigenvalue weighted by Crippen LogP contribution is -2.51. The van der Waals surface area contributed by atoms with Crippen LogP contribution in [-0.2, 0) is 19.1 Å². The second-order valence-corrected chi connectivity index (χ2v) is 9.20. The summed E-state index contributed by atoms with van der Waals surface area (Å²) in [5.41, 5.74) is 3.78. The molecule has 0 spiro atoms. The zero-order valence-corrected chi connectivity index (χ0v) is 20.2. The molecule has 4 rings (SSSR count). The number of methoxy groups -OCH3 is 1. The monoisotopic (exact) mass is 480 g/mol. The molecule has 8 nitrogen and oxygen atoms in total. The first kappa shape index (κ1) is 24.7. The van der Waals surface area contributed by atoms with Crippen LogP contribution in [0.25, 0.3) is 11.1 Å². The molecule has 1 saturated heterocycles. The van der Waals surface area contributed by atoms with E-state index in [9.17, 15) is 19.5 Å². The van der Waals surface area contributed by atoms with E-state index in [2.05, 4.69) is 29.6 Å². The van der Waals surface area contributed by atoms with Crippen LogP contribution in [0.5, 0.6) is 0 Å². The molecule has 1 aliphatic carbocycles. The van der Waals surface area contributed by atoms with Crippen molar-refractivity contribution < 1.29 is 29.0 Å². The molecule has 2 amide bonds. The molecule has 0 saturated carbocycles. The third-order valence-electron chi connectivity index (χ3n) is 7.50. The van der Waals surface area contributed by atoms with Crippen LogP contribution in [0.2, 0.25) is 0 Å². The predicted octanol–water partition coefficient (Wildman–Crippen LogP) is 3.64. The molecule has 2 aliphatic rings. The van der Waals surface area contributed by atoms with Gasteiger partial charge in [0.15, 0.2) is 6.10 Å². The van der Waals surface area contributed by atoms with Gasteiger partial charge in [0, 0.05) is 26.1 Å². The van der Waals surface area contributed by atoms with Crippen molar-refractivity contribution in [1.82, 2.24) is 10.2 Å². The topological polar surface area (TPSA) is 105 Å². The molecule has 0 radical (unpaired) electrons. The van der Waals surface area contributed by atoms with Crippen molar-refractivity contribution >= 4 is 18.0 Å². The van der Waals surface area contributed by atoms with Gasteiger partial charge in [0.1, 0.15) is 6.61 Å². The summed E-state index contributed by atoms with van der Waals surface area (Å²) in [6, 6.07) is 16.2. The number of nitrogens with one attached hydrogen (secondary N) is 1. The number of amides is 2. The molecular weight excluding hydrogens is 448 g/mol. The quantitative estimate of drug-likeness (QED) is 0.598. The van der Waals surface area contributed by atoms with Gasteiger partial charge in [-0.05, 0) is 41.5 Å². The van der Waals surface area contributed by atoms with E-state index >= 15 is 0 Å². The number of likely N-dealkylation sites (tertiary alicyclic amines) is 1. The SMILES string of the molecule is CCC1(C(=O)O)CCN(C(=O)C(CNC(=O)OCC2c3ccccc3-c3ccccc32)OC)CC1. The average Bonchev–Trinajstić information content (AvgIpc) is 3.21. The van der Waals surface area contributed by atoms with E-state index in [1.54, 1.807) is 4.90 Å². The number of benzene rings is 2. The molecule has 0 bridgehead atoms. The van der Waals surface area contributed by atoms with Gasteiger partial charge in [-0.3, -0.25) is 9.59 Å². The van der Waals surface area contributed by atoms with Gasteiger partial charge in [-0.15, -0.1) is 0 Å². The molecule has 0 aromatic heterocycles. The van der Waals surface area contributed by atoms with Gasteiger partial charge in [0.2, 0.25) is 0 Å². The summed E-state index contributed by atoms with van der Waals surface area (Å²) < 4.78 is 10.9. The maximum atomic E-state index is 12.9. The number of fused-ring (bicyclic) bond motifs is 3. The van der Waals surface area contributed by atoms with Crippen LogP contribution in [0.4, 0.5) is 4.79 Å². The Morgan fingerprint density at radius 3 is 2.14 bits per heavy atom. The molecule has 35 heavy (non-hydrogen) atoms. The van der Waals surface area contributed by atoms with Crippen LogP contribution in [0.1, 0.15) is 43.2 Å². The summed E-state index contributed by atoms with van der Waals surface area (Å²) in [6.45, 7) is 2.72. The summed E-state index contributed by atoms with van der Waals surface area (Å²) in [6.07, 6.45) is -0.145. The number of carboxylic acids is 1. The number of hydrogen-bond donors (Lipinski definition) is 2. The Balaban J connectivity index is 1.30. The number of aliphatic carboxylic acids is 1. The van der Waals surface area contributed by atoms with Crippen molar-refractivity contribution in [2.75, 3.05) is 33.4 Å². The number of rotatable bonds is 8. The van der Waals surface area contributed by atoms with E-state index in [1.165, 1.54) is 7.11 Å². The van der Waals surface area contributed by atoms with E-state index in [0.717, 1.165) is 22.3 Å². The highest BCUT2D eigenvalue weighted by Crippen LogP contribution is 2.44. The van der Waals surface area contributed by atoms with E-state index in [-0.39, 0.29) is 25.0 Å². The van der Waals surface area contributed by atoms with Crippen molar-refractivity contribution in [1.29, 1.82) is 0 Å². The molecular formula is C27H32N2O6. The van der Waals surface area contributed by atoms with Gasteiger partial charge in [-0.2, -0.15) is 0 Å². The predicted molar refractivity (Wildman–Crippen MR) is 130 cm³/mol. The molecule has 1 atom stereocenters. The van der Waals surface area contributed by atoms with Crippen molar-refractivity contribution in [2.24, 2.45) is 5.41 Å². The zero-order valence-electron chi connectivity index (χ0n) is 20.2. The maximum absolute atomic E-state index is 12.9. The standard InChI is InChI=1S/C27H32N2O6/c1-3-27(25(31)32)12-14-29(15-13-27)24(30)23(34-2)16-28-26(33)35-17-22-20-10-6-4-8-18(20)19-9-5-7-11-21(19)22/h4-11,22-23H,3,12-17H2,1-2H3,(H,28,33)(H,31,32). The Kier molecular flexibility index (Phi) is 7.40. The Labute approximate surface area is 205 Å². The number of carbonyl (C=O) groups is 3. The third kappa shape index (κ3) is 4.89. The first-order valence-corrected chi connectivity index (χ1v) is 12.0. The number of nitrogens with zero attached hydrogens (tertiary/aromatic N) is 1. The van der Waals surface area contributed by atoms with Crippen molar-refractivity contribution in [3.8, 4) is 11.1 Å². The lowest BCUT2D eigenvalue weighted by molar-refractivity contribution is -0.156. The molecule has 2 aromatic carbocycles. The summed E-state index contributed by atoms with van der Waals surface area (Å²) in [5.74, 6) is -1.12. The lowest BCUT2D eigenvalue weighted by Gasteiger charge is -2.39. The number of carboxylic acid groups (broad SMARTS) is 1. The van der Waals surface area contributed by atoms with E-state index in [0.29, 0.717) is 32.4 Å². The molecule has 1 fully saturated rings. The number of piperidine rings is 1. The molecule has 1 unspecified atom stereocenters. The summed E-state index contributed by atoms with van der Waals surface area (Å²) >= 11 is 0.